The van der Waals surface area contributed by atoms with Crippen LogP contribution in [0.25, 0.3) is 0 Å². The van der Waals surface area contributed by atoms with Crippen LogP contribution in [0.3, 0.4) is 0 Å². The van der Waals surface area contributed by atoms with Gasteiger partial charge in [0.1, 0.15) is 0 Å². The Morgan fingerprint density at radius 2 is 2.00 bits per heavy atom. The van der Waals surface area contributed by atoms with E-state index in [1.807, 2.05) is 6.92 Å². The molecule has 0 bridgehead atoms. The molecule has 0 aromatic heterocycles. The molecule has 1 rings (SSSR count). The van der Waals surface area contributed by atoms with Gasteiger partial charge < -0.3 is 10.2 Å². The van der Waals surface area contributed by atoms with Crippen LogP contribution in [0.15, 0.2) is 0 Å². The number of amides is 1. The number of hydrogen-bond donors (Lipinski definition) is 1. The Kier molecular flexibility index (Phi) is 5.86. The summed E-state index contributed by atoms with van der Waals surface area (Å²) in [6, 6.07) is -0.209. The third-order valence-electron chi connectivity index (χ3n) is 3.99. The Morgan fingerprint density at radius 1 is 1.35 bits per heavy atom. The molecule has 0 aliphatic carbocycles. The molecule has 1 aliphatic rings. The zero-order valence-corrected chi connectivity index (χ0v) is 12.5. The van der Waals surface area contributed by atoms with Crippen LogP contribution >= 0.6 is 0 Å². The molecule has 118 valence electrons. The minimum Gasteiger partial charge on any atom is -0.339 e. The standard InChI is InChI=1S/C14H25F3N2O/c1-4-5-6-9-19(11(2)3)12(20)13(14(15,16)17)7-8-18-10-13/h11,18H,4-10H2,1-3H3. The number of hydrogen-bond acceptors (Lipinski definition) is 2. The molecule has 20 heavy (non-hydrogen) atoms. The second kappa shape index (κ2) is 6.78. The first-order valence-electron chi connectivity index (χ1n) is 7.35. The predicted octanol–water partition coefficient (Wildman–Crippen LogP) is 2.96. The van der Waals surface area contributed by atoms with Gasteiger partial charge in [-0.05, 0) is 33.2 Å². The molecule has 1 unspecified atom stereocenters. The van der Waals surface area contributed by atoms with Crippen molar-refractivity contribution in [1.82, 2.24) is 10.2 Å². The average Bonchev–Trinajstić information content (AvgIpc) is 2.83. The Bertz CT molecular complexity index is 323. The van der Waals surface area contributed by atoms with Gasteiger partial charge in [-0.3, -0.25) is 4.79 Å². The van der Waals surface area contributed by atoms with Crippen molar-refractivity contribution >= 4 is 5.91 Å². The lowest BCUT2D eigenvalue weighted by atomic mass is 9.84. The van der Waals surface area contributed by atoms with Gasteiger partial charge in [0.2, 0.25) is 5.91 Å². The van der Waals surface area contributed by atoms with E-state index in [2.05, 4.69) is 5.32 Å². The van der Waals surface area contributed by atoms with Crippen LogP contribution in [-0.2, 0) is 4.79 Å². The van der Waals surface area contributed by atoms with Gasteiger partial charge in [-0.1, -0.05) is 19.8 Å². The van der Waals surface area contributed by atoms with Gasteiger partial charge in [0, 0.05) is 19.1 Å². The third kappa shape index (κ3) is 3.45. The van der Waals surface area contributed by atoms with E-state index in [1.54, 1.807) is 13.8 Å². The van der Waals surface area contributed by atoms with Crippen LogP contribution in [0.2, 0.25) is 0 Å². The van der Waals surface area contributed by atoms with Crippen molar-refractivity contribution in [3.63, 3.8) is 0 Å². The number of nitrogens with one attached hydrogen (secondary N) is 1. The predicted molar refractivity (Wildman–Crippen MR) is 72.3 cm³/mol. The summed E-state index contributed by atoms with van der Waals surface area (Å²) in [5, 5.41) is 2.69. The molecule has 1 N–H and O–H groups in total. The Morgan fingerprint density at radius 3 is 2.40 bits per heavy atom. The number of unbranched alkanes of at least 4 members (excludes halogenated alkanes) is 2. The fourth-order valence-electron chi connectivity index (χ4n) is 2.64. The molecule has 0 radical (unpaired) electrons. The summed E-state index contributed by atoms with van der Waals surface area (Å²) < 4.78 is 40.2. The molecular formula is C14H25F3N2O. The molecular weight excluding hydrogens is 269 g/mol. The van der Waals surface area contributed by atoms with Crippen molar-refractivity contribution < 1.29 is 18.0 Å². The summed E-state index contributed by atoms with van der Waals surface area (Å²) in [5.74, 6) is -0.763. The molecule has 0 aromatic carbocycles. The fraction of sp³-hybridized carbons (Fsp3) is 0.929. The summed E-state index contributed by atoms with van der Waals surface area (Å²) in [6.45, 7) is 5.92. The fourth-order valence-corrected chi connectivity index (χ4v) is 2.64. The summed E-state index contributed by atoms with van der Waals surface area (Å²) in [6.07, 6.45) is -2.00. The first kappa shape index (κ1) is 17.3. The smallest absolute Gasteiger partial charge is 0.339 e. The maximum Gasteiger partial charge on any atom is 0.404 e. The van der Waals surface area contributed by atoms with Crippen molar-refractivity contribution in [2.75, 3.05) is 19.6 Å². The number of carbonyl (C=O) groups excluding carboxylic acids is 1. The quantitative estimate of drug-likeness (QED) is 0.764. The van der Waals surface area contributed by atoms with E-state index in [4.69, 9.17) is 0 Å². The molecule has 0 aromatic rings. The number of alkyl halides is 3. The highest BCUT2D eigenvalue weighted by molar-refractivity contribution is 5.84. The largest absolute Gasteiger partial charge is 0.404 e. The third-order valence-corrected chi connectivity index (χ3v) is 3.99. The van der Waals surface area contributed by atoms with Gasteiger partial charge in [-0.15, -0.1) is 0 Å². The lowest BCUT2D eigenvalue weighted by Gasteiger charge is -2.37. The SMILES string of the molecule is CCCCCN(C(=O)C1(C(F)(F)F)CCNC1)C(C)C. The van der Waals surface area contributed by atoms with Gasteiger partial charge in [0.05, 0.1) is 0 Å². The van der Waals surface area contributed by atoms with Crippen LogP contribution in [-0.4, -0.2) is 42.7 Å². The molecule has 0 spiro atoms. The van der Waals surface area contributed by atoms with E-state index < -0.39 is 17.5 Å². The zero-order chi connectivity index (χ0) is 15.4. The van der Waals surface area contributed by atoms with Crippen molar-refractivity contribution in [2.24, 2.45) is 5.41 Å². The molecule has 0 saturated carbocycles. The van der Waals surface area contributed by atoms with E-state index in [1.165, 1.54) is 4.90 Å². The van der Waals surface area contributed by atoms with E-state index >= 15 is 0 Å². The highest BCUT2D eigenvalue weighted by Gasteiger charge is 2.62. The Hall–Kier alpha value is -0.780. The van der Waals surface area contributed by atoms with Crippen molar-refractivity contribution in [2.45, 2.75) is 58.7 Å². The number of halogens is 3. The number of nitrogens with zero attached hydrogens (tertiary/aromatic N) is 1. The Labute approximate surface area is 118 Å². The van der Waals surface area contributed by atoms with Gasteiger partial charge >= 0.3 is 6.18 Å². The molecule has 1 atom stereocenters. The van der Waals surface area contributed by atoms with Crippen molar-refractivity contribution in [1.29, 1.82) is 0 Å². The average molecular weight is 294 g/mol. The summed E-state index contributed by atoms with van der Waals surface area (Å²) in [4.78, 5) is 13.9. The molecule has 3 nitrogen and oxygen atoms in total. The monoisotopic (exact) mass is 294 g/mol. The van der Waals surface area contributed by atoms with Gasteiger partial charge in [0.25, 0.3) is 0 Å². The summed E-state index contributed by atoms with van der Waals surface area (Å²) in [5.41, 5.74) is -2.23. The van der Waals surface area contributed by atoms with Gasteiger partial charge in [-0.25, -0.2) is 0 Å². The minimum atomic E-state index is -4.49. The summed E-state index contributed by atoms with van der Waals surface area (Å²) >= 11 is 0. The summed E-state index contributed by atoms with van der Waals surface area (Å²) in [7, 11) is 0. The number of rotatable bonds is 6. The lowest BCUT2D eigenvalue weighted by molar-refractivity contribution is -0.222. The van der Waals surface area contributed by atoms with E-state index in [0.717, 1.165) is 19.3 Å². The topological polar surface area (TPSA) is 32.3 Å². The first-order chi connectivity index (χ1) is 9.26. The number of carbonyl (C=O) groups is 1. The minimum absolute atomic E-state index is 0.160. The van der Waals surface area contributed by atoms with Crippen LogP contribution in [0.5, 0.6) is 0 Å². The van der Waals surface area contributed by atoms with Crippen LogP contribution < -0.4 is 5.32 Å². The van der Waals surface area contributed by atoms with Gasteiger partial charge in [0.15, 0.2) is 5.41 Å². The van der Waals surface area contributed by atoms with Gasteiger partial charge in [-0.2, -0.15) is 13.2 Å². The lowest BCUT2D eigenvalue weighted by Crippen LogP contribution is -2.55. The first-order valence-corrected chi connectivity index (χ1v) is 7.35. The second-order valence-corrected chi connectivity index (χ2v) is 5.81. The van der Waals surface area contributed by atoms with E-state index in [-0.39, 0.29) is 25.6 Å². The highest BCUT2D eigenvalue weighted by atomic mass is 19.4. The highest BCUT2D eigenvalue weighted by Crippen LogP contribution is 2.44. The Balaban J connectivity index is 2.91. The van der Waals surface area contributed by atoms with E-state index in [9.17, 15) is 18.0 Å². The second-order valence-electron chi connectivity index (χ2n) is 5.81. The van der Waals surface area contributed by atoms with Crippen molar-refractivity contribution in [3.8, 4) is 0 Å². The normalized spacial score (nSPS) is 23.4. The molecule has 1 amide bonds. The molecule has 1 saturated heterocycles. The molecule has 1 heterocycles. The maximum absolute atomic E-state index is 13.4. The molecule has 6 heteroatoms. The van der Waals surface area contributed by atoms with Crippen LogP contribution in [0.4, 0.5) is 13.2 Å². The van der Waals surface area contributed by atoms with Crippen LogP contribution in [0, 0.1) is 5.41 Å². The van der Waals surface area contributed by atoms with E-state index in [0.29, 0.717) is 6.54 Å². The zero-order valence-electron chi connectivity index (χ0n) is 12.5. The molecule has 1 fully saturated rings. The molecule has 1 aliphatic heterocycles. The van der Waals surface area contributed by atoms with Crippen LogP contribution in [0.1, 0.15) is 46.5 Å². The maximum atomic E-state index is 13.4. The van der Waals surface area contributed by atoms with Crippen molar-refractivity contribution in [3.05, 3.63) is 0 Å².